The van der Waals surface area contributed by atoms with E-state index in [2.05, 4.69) is 10.6 Å². The lowest BCUT2D eigenvalue weighted by molar-refractivity contribution is 0.0995. The van der Waals surface area contributed by atoms with E-state index in [1.165, 1.54) is 6.26 Å². The minimum absolute atomic E-state index is 0.212. The molecule has 5 nitrogen and oxygen atoms in total. The van der Waals surface area contributed by atoms with Gasteiger partial charge < -0.3 is 15.1 Å². The van der Waals surface area contributed by atoms with E-state index in [-0.39, 0.29) is 17.6 Å². The number of anilines is 2. The molecule has 0 aliphatic carbocycles. The monoisotopic (exact) mass is 354 g/mol. The van der Waals surface area contributed by atoms with Crippen LogP contribution in [0, 0.1) is 6.92 Å². The van der Waals surface area contributed by atoms with Crippen LogP contribution in [-0.4, -0.2) is 11.8 Å². The normalized spacial score (nSPS) is 10.3. The molecule has 25 heavy (non-hydrogen) atoms. The van der Waals surface area contributed by atoms with E-state index in [9.17, 15) is 9.59 Å². The molecule has 0 unspecified atom stereocenters. The van der Waals surface area contributed by atoms with Crippen molar-refractivity contribution in [2.45, 2.75) is 6.92 Å². The van der Waals surface area contributed by atoms with Crippen LogP contribution in [0.15, 0.2) is 65.3 Å². The number of aryl methyl sites for hydroxylation is 1. The predicted molar refractivity (Wildman–Crippen MR) is 97.2 cm³/mol. The van der Waals surface area contributed by atoms with Gasteiger partial charge in [-0.3, -0.25) is 9.59 Å². The van der Waals surface area contributed by atoms with Crippen molar-refractivity contribution in [1.29, 1.82) is 0 Å². The Hall–Kier alpha value is -3.05. The topological polar surface area (TPSA) is 71.3 Å². The highest BCUT2D eigenvalue weighted by molar-refractivity contribution is 6.31. The molecule has 6 heteroatoms. The molecule has 3 rings (SSSR count). The fourth-order valence-electron chi connectivity index (χ4n) is 2.21. The van der Waals surface area contributed by atoms with Crippen molar-refractivity contribution in [1.82, 2.24) is 0 Å². The number of carbonyl (C=O) groups is 2. The van der Waals surface area contributed by atoms with Crippen LogP contribution in [0.4, 0.5) is 11.4 Å². The predicted octanol–water partition coefficient (Wildman–Crippen LogP) is 4.75. The molecule has 2 aromatic carbocycles. The van der Waals surface area contributed by atoms with E-state index >= 15 is 0 Å². The number of hydrogen-bond acceptors (Lipinski definition) is 3. The van der Waals surface area contributed by atoms with Crippen LogP contribution in [0.1, 0.15) is 26.5 Å². The molecule has 0 aliphatic rings. The summed E-state index contributed by atoms with van der Waals surface area (Å²) in [5.41, 5.74) is 2.46. The number of furan rings is 1. The van der Waals surface area contributed by atoms with E-state index in [1.807, 2.05) is 6.92 Å². The molecule has 1 heterocycles. The van der Waals surface area contributed by atoms with Crippen LogP contribution in [0.2, 0.25) is 5.02 Å². The number of carbonyl (C=O) groups excluding carboxylic acids is 2. The first-order chi connectivity index (χ1) is 12.0. The summed E-state index contributed by atoms with van der Waals surface area (Å²) >= 11 is 6.06. The zero-order valence-corrected chi connectivity index (χ0v) is 14.1. The van der Waals surface area contributed by atoms with Crippen molar-refractivity contribution in [3.63, 3.8) is 0 Å². The van der Waals surface area contributed by atoms with Crippen molar-refractivity contribution in [2.24, 2.45) is 0 Å². The molecule has 0 spiro atoms. The molecule has 126 valence electrons. The van der Waals surface area contributed by atoms with Crippen molar-refractivity contribution in [3.8, 4) is 0 Å². The fraction of sp³-hybridized carbons (Fsp3) is 0.0526. The molecule has 3 aromatic rings. The quantitative estimate of drug-likeness (QED) is 0.710. The highest BCUT2D eigenvalue weighted by Crippen LogP contribution is 2.20. The van der Waals surface area contributed by atoms with Gasteiger partial charge in [0.15, 0.2) is 5.76 Å². The van der Waals surface area contributed by atoms with Gasteiger partial charge in [0, 0.05) is 22.0 Å². The average Bonchev–Trinajstić information content (AvgIpc) is 3.12. The molecule has 0 saturated carbocycles. The van der Waals surface area contributed by atoms with E-state index in [0.717, 1.165) is 5.56 Å². The van der Waals surface area contributed by atoms with Crippen LogP contribution >= 0.6 is 11.6 Å². The Balaban J connectivity index is 1.72. The van der Waals surface area contributed by atoms with Crippen LogP contribution in [0.3, 0.4) is 0 Å². The Morgan fingerprint density at radius 2 is 1.64 bits per heavy atom. The Kier molecular flexibility index (Phi) is 4.86. The molecular formula is C19H15ClN2O3. The first kappa shape index (κ1) is 16.8. The number of nitrogens with one attached hydrogen (secondary N) is 2. The second-order valence-electron chi connectivity index (χ2n) is 5.43. The maximum absolute atomic E-state index is 12.3. The largest absolute Gasteiger partial charge is 0.459 e. The van der Waals surface area contributed by atoms with Gasteiger partial charge in [-0.2, -0.15) is 0 Å². The second kappa shape index (κ2) is 7.23. The average molecular weight is 355 g/mol. The summed E-state index contributed by atoms with van der Waals surface area (Å²) in [6.07, 6.45) is 1.43. The number of hydrogen-bond donors (Lipinski definition) is 2. The zero-order valence-electron chi connectivity index (χ0n) is 13.4. The van der Waals surface area contributed by atoms with Gasteiger partial charge >= 0.3 is 0 Å². The Morgan fingerprint density at radius 1 is 0.920 bits per heavy atom. The van der Waals surface area contributed by atoms with Gasteiger partial charge in [0.05, 0.1) is 6.26 Å². The third-order valence-electron chi connectivity index (χ3n) is 3.56. The van der Waals surface area contributed by atoms with E-state index in [4.69, 9.17) is 16.0 Å². The molecule has 0 saturated heterocycles. The Bertz CT molecular complexity index is 920. The van der Waals surface area contributed by atoms with E-state index < -0.39 is 0 Å². The molecular weight excluding hydrogens is 340 g/mol. The fourth-order valence-corrected chi connectivity index (χ4v) is 2.39. The summed E-state index contributed by atoms with van der Waals surface area (Å²) < 4.78 is 5.05. The molecule has 0 bridgehead atoms. The minimum atomic E-state index is -0.362. The van der Waals surface area contributed by atoms with Crippen LogP contribution in [-0.2, 0) is 0 Å². The second-order valence-corrected chi connectivity index (χ2v) is 5.84. The zero-order chi connectivity index (χ0) is 17.8. The molecule has 0 fully saturated rings. The number of amides is 2. The summed E-state index contributed by atoms with van der Waals surface area (Å²) in [5, 5.41) is 6.02. The lowest BCUT2D eigenvalue weighted by Crippen LogP contribution is -2.13. The summed E-state index contributed by atoms with van der Waals surface area (Å²) in [6, 6.07) is 15.2. The molecule has 0 radical (unpaired) electrons. The molecule has 1 aromatic heterocycles. The highest BCUT2D eigenvalue weighted by Gasteiger charge is 2.11. The standard InChI is InChI=1S/C19H15ClN2O3/c1-12-7-8-13(10-16(12)20)18(23)21-14-4-2-5-15(11-14)22-19(24)17-6-3-9-25-17/h2-11H,1H3,(H,21,23)(H,22,24). The molecule has 0 aliphatic heterocycles. The number of halogens is 1. The Labute approximate surface area is 149 Å². The van der Waals surface area contributed by atoms with Gasteiger partial charge in [-0.15, -0.1) is 0 Å². The Morgan fingerprint density at radius 3 is 2.28 bits per heavy atom. The van der Waals surface area contributed by atoms with E-state index in [1.54, 1.807) is 54.6 Å². The van der Waals surface area contributed by atoms with Gasteiger partial charge in [-0.05, 0) is 55.0 Å². The van der Waals surface area contributed by atoms with E-state index in [0.29, 0.717) is 22.0 Å². The molecule has 2 N–H and O–H groups in total. The van der Waals surface area contributed by atoms with Gasteiger partial charge in [0.2, 0.25) is 0 Å². The van der Waals surface area contributed by atoms with Gasteiger partial charge in [-0.1, -0.05) is 23.7 Å². The summed E-state index contributed by atoms with van der Waals surface area (Å²) in [5.74, 6) is -0.432. The maximum Gasteiger partial charge on any atom is 0.291 e. The summed E-state index contributed by atoms with van der Waals surface area (Å²) in [4.78, 5) is 24.3. The van der Waals surface area contributed by atoms with Crippen LogP contribution in [0.25, 0.3) is 0 Å². The van der Waals surface area contributed by atoms with Crippen molar-refractivity contribution in [2.75, 3.05) is 10.6 Å². The highest BCUT2D eigenvalue weighted by atomic mass is 35.5. The van der Waals surface area contributed by atoms with Crippen LogP contribution < -0.4 is 10.6 Å². The summed E-state index contributed by atoms with van der Waals surface area (Å²) in [7, 11) is 0. The minimum Gasteiger partial charge on any atom is -0.459 e. The number of rotatable bonds is 4. The van der Waals surface area contributed by atoms with Crippen molar-refractivity contribution in [3.05, 3.63) is 82.8 Å². The van der Waals surface area contributed by atoms with Crippen molar-refractivity contribution >= 4 is 34.8 Å². The van der Waals surface area contributed by atoms with Gasteiger partial charge in [0.1, 0.15) is 0 Å². The molecule has 0 atom stereocenters. The smallest absolute Gasteiger partial charge is 0.291 e. The first-order valence-corrected chi connectivity index (χ1v) is 7.93. The molecule has 2 amide bonds. The number of benzene rings is 2. The summed E-state index contributed by atoms with van der Waals surface area (Å²) in [6.45, 7) is 1.87. The lowest BCUT2D eigenvalue weighted by atomic mass is 10.1. The van der Waals surface area contributed by atoms with Crippen molar-refractivity contribution < 1.29 is 14.0 Å². The van der Waals surface area contributed by atoms with Gasteiger partial charge in [-0.25, -0.2) is 0 Å². The lowest BCUT2D eigenvalue weighted by Gasteiger charge is -2.09. The first-order valence-electron chi connectivity index (χ1n) is 7.55. The maximum atomic E-state index is 12.3. The third kappa shape index (κ3) is 4.08. The van der Waals surface area contributed by atoms with Crippen LogP contribution in [0.5, 0.6) is 0 Å². The SMILES string of the molecule is Cc1ccc(C(=O)Nc2cccc(NC(=O)c3ccco3)c2)cc1Cl. The van der Waals surface area contributed by atoms with Gasteiger partial charge in [0.25, 0.3) is 11.8 Å². The third-order valence-corrected chi connectivity index (χ3v) is 3.96.